The topological polar surface area (TPSA) is 58.4 Å². The summed E-state index contributed by atoms with van der Waals surface area (Å²) >= 11 is 0. The van der Waals surface area contributed by atoms with Gasteiger partial charge in [0.2, 0.25) is 5.91 Å². The van der Waals surface area contributed by atoms with Gasteiger partial charge in [-0.2, -0.15) is 0 Å². The van der Waals surface area contributed by atoms with Gasteiger partial charge in [0.15, 0.2) is 0 Å². The molecule has 1 rings (SSSR count). The molecule has 6 heteroatoms. The Morgan fingerprint density at radius 3 is 2.24 bits per heavy atom. The molecule has 104 valence electrons. The Kier molecular flexibility index (Phi) is 9.25. The number of rotatable bonds is 4. The Hall–Kier alpha value is -0.0300. The number of hydrogen-bond donors (Lipinski definition) is 2. The van der Waals surface area contributed by atoms with Crippen LogP contribution in [0, 0.1) is 0 Å². The summed E-state index contributed by atoms with van der Waals surface area (Å²) in [5.41, 5.74) is 5.45. The van der Waals surface area contributed by atoms with Crippen LogP contribution in [0.15, 0.2) is 0 Å². The number of hydrogen-bond acceptors (Lipinski definition) is 3. The molecule has 1 aliphatic rings. The summed E-state index contributed by atoms with van der Waals surface area (Å²) in [5, 5.41) is 2.94. The Morgan fingerprint density at radius 1 is 1.35 bits per heavy atom. The van der Waals surface area contributed by atoms with E-state index < -0.39 is 5.54 Å². The van der Waals surface area contributed by atoms with Crippen molar-refractivity contribution in [1.29, 1.82) is 0 Å². The van der Waals surface area contributed by atoms with Crippen molar-refractivity contribution in [3.63, 3.8) is 0 Å². The fourth-order valence-electron chi connectivity index (χ4n) is 1.83. The van der Waals surface area contributed by atoms with Crippen LogP contribution < -0.4 is 11.1 Å². The molecule has 0 spiro atoms. The molecule has 1 saturated carbocycles. The van der Waals surface area contributed by atoms with E-state index >= 15 is 0 Å². The molecule has 0 bridgehead atoms. The van der Waals surface area contributed by atoms with Crippen LogP contribution >= 0.6 is 24.8 Å². The van der Waals surface area contributed by atoms with E-state index in [1.54, 1.807) is 0 Å². The highest BCUT2D eigenvalue weighted by Gasteiger charge is 2.36. The van der Waals surface area contributed by atoms with Crippen molar-refractivity contribution in [2.45, 2.75) is 44.2 Å². The Labute approximate surface area is 117 Å². The van der Waals surface area contributed by atoms with Gasteiger partial charge in [0.05, 0.1) is 5.54 Å². The highest BCUT2D eigenvalue weighted by Crippen LogP contribution is 2.27. The zero-order valence-electron chi connectivity index (χ0n) is 10.9. The van der Waals surface area contributed by atoms with Crippen LogP contribution in [0.5, 0.6) is 0 Å². The Bertz CT molecular complexity index is 231. The van der Waals surface area contributed by atoms with Crippen molar-refractivity contribution in [1.82, 2.24) is 10.2 Å². The molecule has 0 radical (unpaired) electrons. The van der Waals surface area contributed by atoms with Gasteiger partial charge in [-0.1, -0.05) is 12.8 Å². The van der Waals surface area contributed by atoms with Crippen molar-refractivity contribution in [3.05, 3.63) is 0 Å². The van der Waals surface area contributed by atoms with Crippen molar-refractivity contribution < 1.29 is 4.79 Å². The van der Waals surface area contributed by atoms with Crippen molar-refractivity contribution in [3.8, 4) is 0 Å². The molecule has 0 saturated heterocycles. The zero-order chi connectivity index (χ0) is 11.5. The maximum atomic E-state index is 11.8. The van der Waals surface area contributed by atoms with Gasteiger partial charge in [-0.05, 0) is 33.9 Å². The minimum Gasteiger partial charge on any atom is -0.353 e. The third-order valence-electron chi connectivity index (χ3n) is 3.39. The molecule has 0 aromatic carbocycles. The summed E-state index contributed by atoms with van der Waals surface area (Å²) in [7, 11) is 4.01. The second-order valence-corrected chi connectivity index (χ2v) is 4.89. The summed E-state index contributed by atoms with van der Waals surface area (Å²) in [6.45, 7) is 2.75. The molecule has 0 aromatic rings. The zero-order valence-corrected chi connectivity index (χ0v) is 12.5. The molecule has 0 aromatic heterocycles. The number of carbonyl (C=O) groups is 1. The molecular weight excluding hydrogens is 261 g/mol. The fourth-order valence-corrected chi connectivity index (χ4v) is 1.83. The van der Waals surface area contributed by atoms with Crippen LogP contribution in [0.4, 0.5) is 0 Å². The van der Waals surface area contributed by atoms with Crippen molar-refractivity contribution in [2.24, 2.45) is 5.73 Å². The van der Waals surface area contributed by atoms with Crippen LogP contribution in [-0.4, -0.2) is 43.0 Å². The van der Waals surface area contributed by atoms with Gasteiger partial charge in [-0.25, -0.2) is 0 Å². The first-order valence-electron chi connectivity index (χ1n) is 5.69. The molecule has 17 heavy (non-hydrogen) atoms. The van der Waals surface area contributed by atoms with Gasteiger partial charge in [-0.15, -0.1) is 24.8 Å². The minimum atomic E-state index is -0.591. The smallest absolute Gasteiger partial charge is 0.240 e. The van der Waals surface area contributed by atoms with Gasteiger partial charge >= 0.3 is 0 Å². The third kappa shape index (κ3) is 5.42. The lowest BCUT2D eigenvalue weighted by molar-refractivity contribution is -0.126. The minimum absolute atomic E-state index is 0. The molecule has 3 N–H and O–H groups in total. The molecule has 1 atom stereocenters. The van der Waals surface area contributed by atoms with E-state index in [0.717, 1.165) is 25.7 Å². The number of nitrogens with zero attached hydrogens (tertiary/aromatic N) is 1. The van der Waals surface area contributed by atoms with Crippen LogP contribution in [0.3, 0.4) is 0 Å². The largest absolute Gasteiger partial charge is 0.353 e. The maximum Gasteiger partial charge on any atom is 0.240 e. The van der Waals surface area contributed by atoms with Crippen LogP contribution in [0.2, 0.25) is 0 Å². The molecule has 1 aliphatic carbocycles. The third-order valence-corrected chi connectivity index (χ3v) is 3.39. The maximum absolute atomic E-state index is 11.8. The Balaban J connectivity index is 0. The predicted octanol–water partition coefficient (Wildman–Crippen LogP) is 1.17. The Morgan fingerprint density at radius 2 is 1.82 bits per heavy atom. The second-order valence-electron chi connectivity index (χ2n) is 4.89. The molecule has 1 unspecified atom stereocenters. The predicted molar refractivity (Wildman–Crippen MR) is 76.0 cm³/mol. The summed E-state index contributed by atoms with van der Waals surface area (Å²) in [4.78, 5) is 13.9. The van der Waals surface area contributed by atoms with Gasteiger partial charge in [0.25, 0.3) is 0 Å². The first-order valence-corrected chi connectivity index (χ1v) is 5.69. The monoisotopic (exact) mass is 285 g/mol. The standard InChI is InChI=1S/C11H23N3O.2ClH/c1-9(14(2)3)8-13-10(15)11(12)6-4-5-7-11;;/h9H,4-8,12H2,1-3H3,(H,13,15);2*1H. The highest BCUT2D eigenvalue weighted by molar-refractivity contribution is 5.86. The van der Waals surface area contributed by atoms with E-state index in [-0.39, 0.29) is 30.7 Å². The quantitative estimate of drug-likeness (QED) is 0.815. The molecule has 1 amide bonds. The molecule has 1 fully saturated rings. The molecule has 4 nitrogen and oxygen atoms in total. The number of carbonyl (C=O) groups excluding carboxylic acids is 1. The summed E-state index contributed by atoms with van der Waals surface area (Å²) in [6, 6.07) is 0.346. The first-order chi connectivity index (χ1) is 6.96. The van der Waals surface area contributed by atoms with Gasteiger partial charge < -0.3 is 16.0 Å². The van der Waals surface area contributed by atoms with Gasteiger partial charge in [0.1, 0.15) is 0 Å². The first kappa shape index (κ1) is 19.3. The van der Waals surface area contributed by atoms with E-state index in [1.807, 2.05) is 14.1 Å². The van der Waals surface area contributed by atoms with Gasteiger partial charge in [0, 0.05) is 12.6 Å². The normalized spacial score (nSPS) is 19.1. The average molecular weight is 286 g/mol. The van der Waals surface area contributed by atoms with Gasteiger partial charge in [-0.3, -0.25) is 4.79 Å². The molecule has 0 heterocycles. The summed E-state index contributed by atoms with van der Waals surface area (Å²) < 4.78 is 0. The number of nitrogens with one attached hydrogen (secondary N) is 1. The van der Waals surface area contributed by atoms with E-state index in [2.05, 4.69) is 17.1 Å². The molecular formula is C11H25Cl2N3O. The lowest BCUT2D eigenvalue weighted by Gasteiger charge is -2.25. The van der Waals surface area contributed by atoms with E-state index in [0.29, 0.717) is 12.6 Å². The van der Waals surface area contributed by atoms with Crippen LogP contribution in [0.1, 0.15) is 32.6 Å². The number of halogens is 2. The fraction of sp³-hybridized carbons (Fsp3) is 0.909. The van der Waals surface area contributed by atoms with Crippen LogP contribution in [-0.2, 0) is 4.79 Å². The van der Waals surface area contributed by atoms with E-state index in [1.165, 1.54) is 0 Å². The van der Waals surface area contributed by atoms with Crippen molar-refractivity contribution >= 4 is 30.7 Å². The SMILES string of the molecule is CC(CNC(=O)C1(N)CCCC1)N(C)C.Cl.Cl. The number of nitrogens with two attached hydrogens (primary N) is 1. The van der Waals surface area contributed by atoms with Crippen LogP contribution in [0.25, 0.3) is 0 Å². The molecule has 0 aliphatic heterocycles. The van der Waals surface area contributed by atoms with Crippen molar-refractivity contribution in [2.75, 3.05) is 20.6 Å². The highest BCUT2D eigenvalue weighted by atomic mass is 35.5. The number of likely N-dealkylation sites (N-methyl/N-ethyl adjacent to an activating group) is 1. The summed E-state index contributed by atoms with van der Waals surface area (Å²) in [5.74, 6) is 0.0219. The van der Waals surface area contributed by atoms with E-state index in [9.17, 15) is 4.79 Å². The lowest BCUT2D eigenvalue weighted by Crippen LogP contribution is -2.53. The second kappa shape index (κ2) is 8.14. The summed E-state index contributed by atoms with van der Waals surface area (Å²) in [6.07, 6.45) is 3.81. The number of amides is 1. The lowest BCUT2D eigenvalue weighted by atomic mass is 9.98. The average Bonchev–Trinajstić information content (AvgIpc) is 2.62. The van der Waals surface area contributed by atoms with E-state index in [4.69, 9.17) is 5.73 Å².